The molecular formula is C19H20N6O3S2. The maximum absolute atomic E-state index is 12.2. The normalized spacial score (nSPS) is 11.3. The van der Waals surface area contributed by atoms with Gasteiger partial charge in [0.25, 0.3) is 0 Å². The van der Waals surface area contributed by atoms with E-state index in [-0.39, 0.29) is 23.7 Å². The molecule has 9 nitrogen and oxygen atoms in total. The zero-order valence-electron chi connectivity index (χ0n) is 16.5. The highest BCUT2D eigenvalue weighted by Gasteiger charge is 2.24. The van der Waals surface area contributed by atoms with Gasteiger partial charge in [0, 0.05) is 11.4 Å². The predicted octanol–water partition coefficient (Wildman–Crippen LogP) is 3.48. The van der Waals surface area contributed by atoms with Crippen molar-refractivity contribution in [3.63, 3.8) is 0 Å². The number of anilines is 1. The molecule has 0 aromatic carbocycles. The van der Waals surface area contributed by atoms with Crippen LogP contribution in [0.4, 0.5) is 5.82 Å². The third-order valence-electron chi connectivity index (χ3n) is 4.37. The number of hydrogen-bond donors (Lipinski definition) is 1. The number of carbonyl (C=O) groups excluding carboxylic acids is 1. The number of aryl methyl sites for hydroxylation is 3. The van der Waals surface area contributed by atoms with Crippen molar-refractivity contribution in [1.82, 2.24) is 24.7 Å². The molecule has 0 spiro atoms. The van der Waals surface area contributed by atoms with Crippen LogP contribution < -0.4 is 5.73 Å². The Hall–Kier alpha value is -2.92. The van der Waals surface area contributed by atoms with Gasteiger partial charge in [-0.15, -0.1) is 21.5 Å². The topological polar surface area (TPSA) is 122 Å². The van der Waals surface area contributed by atoms with Crippen molar-refractivity contribution in [3.8, 4) is 0 Å². The van der Waals surface area contributed by atoms with Gasteiger partial charge in [0.15, 0.2) is 5.16 Å². The summed E-state index contributed by atoms with van der Waals surface area (Å²) in [6, 6.07) is 4.16. The van der Waals surface area contributed by atoms with Crippen LogP contribution in [0.3, 0.4) is 0 Å². The second-order valence-corrected chi connectivity index (χ2v) is 8.36. The SMILES string of the molecule is CCOC(=O)c1c(C)oc2nc(CSc3nncn3CCc3cccs3)nc(N)c12. The number of nitrogen functional groups attached to an aromatic ring is 1. The molecule has 2 N–H and O–H groups in total. The second kappa shape index (κ2) is 8.84. The monoisotopic (exact) mass is 444 g/mol. The van der Waals surface area contributed by atoms with Crippen LogP contribution in [0.5, 0.6) is 0 Å². The molecule has 11 heteroatoms. The Morgan fingerprint density at radius 3 is 3.03 bits per heavy atom. The van der Waals surface area contributed by atoms with Gasteiger partial charge in [-0.1, -0.05) is 17.8 Å². The van der Waals surface area contributed by atoms with E-state index in [1.165, 1.54) is 16.6 Å². The molecule has 30 heavy (non-hydrogen) atoms. The number of furan rings is 1. The number of rotatable bonds is 8. The summed E-state index contributed by atoms with van der Waals surface area (Å²) in [6.07, 6.45) is 2.64. The lowest BCUT2D eigenvalue weighted by Gasteiger charge is -2.06. The number of thioether (sulfide) groups is 1. The van der Waals surface area contributed by atoms with Crippen molar-refractivity contribution in [2.24, 2.45) is 0 Å². The maximum atomic E-state index is 12.2. The lowest BCUT2D eigenvalue weighted by atomic mass is 10.2. The van der Waals surface area contributed by atoms with Crippen LogP contribution in [0, 0.1) is 6.92 Å². The maximum Gasteiger partial charge on any atom is 0.342 e. The minimum Gasteiger partial charge on any atom is -0.462 e. The molecule has 4 heterocycles. The predicted molar refractivity (Wildman–Crippen MR) is 115 cm³/mol. The van der Waals surface area contributed by atoms with Gasteiger partial charge in [-0.25, -0.2) is 9.78 Å². The van der Waals surface area contributed by atoms with Crippen molar-refractivity contribution in [1.29, 1.82) is 0 Å². The Bertz CT molecular complexity index is 1170. The second-order valence-electron chi connectivity index (χ2n) is 6.38. The van der Waals surface area contributed by atoms with E-state index in [0.29, 0.717) is 22.7 Å². The molecule has 0 radical (unpaired) electrons. The van der Waals surface area contributed by atoms with Gasteiger partial charge in [0.2, 0.25) is 5.71 Å². The Morgan fingerprint density at radius 2 is 2.27 bits per heavy atom. The van der Waals surface area contributed by atoms with Crippen molar-refractivity contribution in [2.45, 2.75) is 37.7 Å². The van der Waals surface area contributed by atoms with Crippen LogP contribution in [0.15, 0.2) is 33.4 Å². The van der Waals surface area contributed by atoms with Crippen LogP contribution in [0.2, 0.25) is 0 Å². The number of thiophene rings is 1. The summed E-state index contributed by atoms with van der Waals surface area (Å²) in [4.78, 5) is 22.3. The van der Waals surface area contributed by atoms with E-state index in [1.807, 2.05) is 10.6 Å². The van der Waals surface area contributed by atoms with Crippen LogP contribution in [0.1, 0.15) is 33.7 Å². The van der Waals surface area contributed by atoms with Gasteiger partial charge in [0.05, 0.1) is 17.7 Å². The van der Waals surface area contributed by atoms with Crippen molar-refractivity contribution in [3.05, 3.63) is 45.9 Å². The molecule has 0 saturated heterocycles. The van der Waals surface area contributed by atoms with E-state index in [2.05, 4.69) is 31.6 Å². The molecule has 0 aliphatic heterocycles. The van der Waals surface area contributed by atoms with Crippen molar-refractivity contribution in [2.75, 3.05) is 12.3 Å². The highest BCUT2D eigenvalue weighted by molar-refractivity contribution is 7.98. The summed E-state index contributed by atoms with van der Waals surface area (Å²) < 4.78 is 12.7. The quantitative estimate of drug-likeness (QED) is 0.321. The first kappa shape index (κ1) is 20.4. The molecule has 0 fully saturated rings. The van der Waals surface area contributed by atoms with E-state index in [0.717, 1.165) is 18.1 Å². The highest BCUT2D eigenvalue weighted by atomic mass is 32.2. The van der Waals surface area contributed by atoms with Gasteiger partial charge in [-0.05, 0) is 31.7 Å². The fourth-order valence-corrected chi connectivity index (χ4v) is 4.52. The molecule has 0 amide bonds. The van der Waals surface area contributed by atoms with E-state index < -0.39 is 5.97 Å². The fraction of sp³-hybridized carbons (Fsp3) is 0.316. The molecule has 0 aliphatic rings. The number of carbonyl (C=O) groups is 1. The van der Waals surface area contributed by atoms with Gasteiger partial charge in [-0.3, -0.25) is 0 Å². The number of hydrogen-bond acceptors (Lipinski definition) is 10. The molecule has 0 atom stereocenters. The summed E-state index contributed by atoms with van der Waals surface area (Å²) in [7, 11) is 0. The van der Waals surface area contributed by atoms with Crippen LogP contribution in [-0.2, 0) is 23.5 Å². The number of fused-ring (bicyclic) bond motifs is 1. The standard InChI is InChI=1S/C19H20N6O3S2/c1-3-27-18(26)14-11(2)28-17-15(14)16(20)22-13(23-17)9-30-19-24-21-10-25(19)7-6-12-5-4-8-29-12/h4-5,8,10H,3,6-7,9H2,1-2H3,(H2,20,22,23). The first-order chi connectivity index (χ1) is 14.6. The molecular weight excluding hydrogens is 424 g/mol. The molecule has 0 unspecified atom stereocenters. The number of ether oxygens (including phenoxy) is 1. The first-order valence-corrected chi connectivity index (χ1v) is 11.2. The summed E-state index contributed by atoms with van der Waals surface area (Å²) in [5.74, 6) is 1.02. The first-order valence-electron chi connectivity index (χ1n) is 9.32. The van der Waals surface area contributed by atoms with Crippen LogP contribution in [-0.4, -0.2) is 37.3 Å². The fourth-order valence-electron chi connectivity index (χ4n) is 3.02. The number of nitrogens with two attached hydrogens (primary N) is 1. The molecule has 4 aromatic heterocycles. The van der Waals surface area contributed by atoms with E-state index in [9.17, 15) is 4.79 Å². The van der Waals surface area contributed by atoms with Crippen molar-refractivity contribution < 1.29 is 13.9 Å². The Labute approximate surface area is 180 Å². The Kier molecular flexibility index (Phi) is 6.00. The molecule has 156 valence electrons. The summed E-state index contributed by atoms with van der Waals surface area (Å²) >= 11 is 3.20. The number of esters is 1. The average molecular weight is 445 g/mol. The van der Waals surface area contributed by atoms with E-state index in [4.69, 9.17) is 14.9 Å². The molecule has 0 saturated carbocycles. The minimum atomic E-state index is -0.495. The van der Waals surface area contributed by atoms with Gasteiger partial charge in [-0.2, -0.15) is 4.98 Å². The lowest BCUT2D eigenvalue weighted by Crippen LogP contribution is -2.07. The van der Waals surface area contributed by atoms with Crippen molar-refractivity contribution >= 4 is 46.0 Å². The molecule has 0 bridgehead atoms. The highest BCUT2D eigenvalue weighted by Crippen LogP contribution is 2.30. The summed E-state index contributed by atoms with van der Waals surface area (Å²) in [5, 5.41) is 11.4. The number of aromatic nitrogens is 5. The van der Waals surface area contributed by atoms with Gasteiger partial charge < -0.3 is 19.5 Å². The molecule has 4 aromatic rings. The van der Waals surface area contributed by atoms with E-state index in [1.54, 1.807) is 31.5 Å². The average Bonchev–Trinajstić information content (AvgIpc) is 3.44. The van der Waals surface area contributed by atoms with Gasteiger partial charge >= 0.3 is 5.97 Å². The molecule has 4 rings (SSSR count). The summed E-state index contributed by atoms with van der Waals surface area (Å²) in [5.41, 5.74) is 6.68. The zero-order valence-corrected chi connectivity index (χ0v) is 18.1. The smallest absolute Gasteiger partial charge is 0.342 e. The Morgan fingerprint density at radius 1 is 1.40 bits per heavy atom. The summed E-state index contributed by atoms with van der Waals surface area (Å²) in [6.45, 7) is 4.47. The van der Waals surface area contributed by atoms with Gasteiger partial charge in [0.1, 0.15) is 29.3 Å². The third-order valence-corrected chi connectivity index (χ3v) is 6.28. The zero-order chi connectivity index (χ0) is 21.1. The van der Waals surface area contributed by atoms with E-state index >= 15 is 0 Å². The Balaban J connectivity index is 1.50. The largest absolute Gasteiger partial charge is 0.462 e. The lowest BCUT2D eigenvalue weighted by molar-refractivity contribution is 0.0526. The number of nitrogens with zero attached hydrogens (tertiary/aromatic N) is 5. The minimum absolute atomic E-state index is 0.190. The van der Waals surface area contributed by atoms with Crippen LogP contribution >= 0.6 is 23.1 Å². The third kappa shape index (κ3) is 4.17. The molecule has 0 aliphatic carbocycles. The van der Waals surface area contributed by atoms with Crippen LogP contribution in [0.25, 0.3) is 11.1 Å².